The lowest BCUT2D eigenvalue weighted by Gasteiger charge is -1.99. The van der Waals surface area contributed by atoms with Crippen LogP contribution in [0.1, 0.15) is 10.4 Å². The molecule has 0 spiro atoms. The Bertz CT molecular complexity index is 466. The van der Waals surface area contributed by atoms with Gasteiger partial charge < -0.3 is 0 Å². The molecule has 1 aromatic carbocycles. The van der Waals surface area contributed by atoms with E-state index in [1.54, 1.807) is 18.2 Å². The summed E-state index contributed by atoms with van der Waals surface area (Å²) in [5, 5.41) is 12.5. The van der Waals surface area contributed by atoms with Crippen LogP contribution in [0.2, 0.25) is 0 Å². The van der Waals surface area contributed by atoms with Crippen LogP contribution in [0.15, 0.2) is 24.3 Å². The number of carbonyl (C=O) groups is 1. The van der Waals surface area contributed by atoms with Crippen molar-refractivity contribution in [3.8, 4) is 11.4 Å². The Labute approximate surface area is 84.6 Å². The zero-order valence-corrected chi connectivity index (χ0v) is 7.69. The minimum absolute atomic E-state index is 0.347. The zero-order chi connectivity index (χ0) is 10.7. The molecule has 1 aromatic heterocycles. The molecule has 0 atom stereocenters. The molecule has 15 heavy (non-hydrogen) atoms. The van der Waals surface area contributed by atoms with Gasteiger partial charge in [-0.15, -0.1) is 0 Å². The predicted molar refractivity (Wildman–Crippen MR) is 50.0 cm³/mol. The average Bonchev–Trinajstić information content (AvgIpc) is 2.82. The SMILES string of the molecule is NNC(=O)c1cccc(-c2nn[nH][nH+]2)c1. The number of nitrogens with two attached hydrogens (primary N) is 1. The Balaban J connectivity index is 2.39. The topological polar surface area (TPSA) is 111 Å². The first-order valence-corrected chi connectivity index (χ1v) is 4.21. The monoisotopic (exact) mass is 205 g/mol. The highest BCUT2D eigenvalue weighted by Gasteiger charge is 2.11. The standard InChI is InChI=1S/C8H8N6O/c9-10-8(15)6-3-1-2-5(4-6)7-11-13-14-12-7/h1-4H,9H2,(H,10,15)(H,11,12,13,14)/p+1. The molecular weight excluding hydrogens is 196 g/mol. The molecule has 5 N–H and O–H groups in total. The number of tetrazole rings is 1. The van der Waals surface area contributed by atoms with E-state index in [9.17, 15) is 4.79 Å². The van der Waals surface area contributed by atoms with E-state index in [1.807, 2.05) is 6.07 Å². The van der Waals surface area contributed by atoms with Crippen LogP contribution in [0.3, 0.4) is 0 Å². The summed E-state index contributed by atoms with van der Waals surface area (Å²) in [6.45, 7) is 0. The van der Waals surface area contributed by atoms with Crippen molar-refractivity contribution < 1.29 is 9.89 Å². The molecule has 7 heteroatoms. The van der Waals surface area contributed by atoms with E-state index in [0.717, 1.165) is 5.56 Å². The van der Waals surface area contributed by atoms with Crippen LogP contribution in [0.25, 0.3) is 11.4 Å². The van der Waals surface area contributed by atoms with Gasteiger partial charge in [0.2, 0.25) is 0 Å². The molecule has 0 aliphatic rings. The van der Waals surface area contributed by atoms with Gasteiger partial charge in [-0.2, -0.15) is 5.10 Å². The summed E-state index contributed by atoms with van der Waals surface area (Å²) in [5.74, 6) is 5.24. The third-order valence-electron chi connectivity index (χ3n) is 1.90. The van der Waals surface area contributed by atoms with Crippen molar-refractivity contribution in [2.75, 3.05) is 0 Å². The molecule has 0 saturated carbocycles. The normalized spacial score (nSPS) is 9.93. The highest BCUT2D eigenvalue weighted by molar-refractivity contribution is 5.94. The summed E-state index contributed by atoms with van der Waals surface area (Å²) >= 11 is 0. The predicted octanol–water partition coefficient (Wildman–Crippen LogP) is -1.11. The van der Waals surface area contributed by atoms with E-state index in [0.29, 0.717) is 11.4 Å². The van der Waals surface area contributed by atoms with E-state index in [4.69, 9.17) is 5.84 Å². The van der Waals surface area contributed by atoms with Crippen molar-refractivity contribution >= 4 is 5.91 Å². The van der Waals surface area contributed by atoms with Crippen molar-refractivity contribution in [2.45, 2.75) is 0 Å². The van der Waals surface area contributed by atoms with E-state index in [-0.39, 0.29) is 5.91 Å². The molecule has 0 aliphatic heterocycles. The Kier molecular flexibility index (Phi) is 2.38. The third kappa shape index (κ3) is 1.81. The van der Waals surface area contributed by atoms with Crippen LogP contribution in [-0.4, -0.2) is 21.4 Å². The van der Waals surface area contributed by atoms with E-state index in [2.05, 4.69) is 26.0 Å². The maximum absolute atomic E-state index is 11.2. The van der Waals surface area contributed by atoms with Crippen LogP contribution in [0.4, 0.5) is 0 Å². The van der Waals surface area contributed by atoms with E-state index in [1.165, 1.54) is 0 Å². The lowest BCUT2D eigenvalue weighted by atomic mass is 10.1. The molecule has 2 aromatic rings. The van der Waals surface area contributed by atoms with Crippen molar-refractivity contribution in [1.82, 2.24) is 21.0 Å². The number of hydrazine groups is 1. The number of carbonyl (C=O) groups excluding carboxylic acids is 1. The Hall–Kier alpha value is -2.28. The first kappa shape index (κ1) is 9.28. The van der Waals surface area contributed by atoms with Crippen LogP contribution < -0.4 is 16.4 Å². The van der Waals surface area contributed by atoms with Crippen molar-refractivity contribution in [1.29, 1.82) is 0 Å². The first-order valence-electron chi connectivity index (χ1n) is 4.21. The summed E-state index contributed by atoms with van der Waals surface area (Å²) in [6.07, 6.45) is 0. The minimum Gasteiger partial charge on any atom is -0.290 e. The molecule has 0 aliphatic carbocycles. The fourth-order valence-corrected chi connectivity index (χ4v) is 1.20. The van der Waals surface area contributed by atoms with Crippen molar-refractivity contribution in [3.63, 3.8) is 0 Å². The number of amides is 1. The second-order valence-corrected chi connectivity index (χ2v) is 2.84. The average molecular weight is 205 g/mol. The molecule has 0 saturated heterocycles. The van der Waals surface area contributed by atoms with Gasteiger partial charge in [-0.3, -0.25) is 10.2 Å². The van der Waals surface area contributed by atoms with Crippen LogP contribution in [0, 0.1) is 0 Å². The maximum Gasteiger partial charge on any atom is 0.329 e. The van der Waals surface area contributed by atoms with Gasteiger partial charge >= 0.3 is 5.82 Å². The molecule has 76 valence electrons. The molecule has 1 amide bonds. The lowest BCUT2D eigenvalue weighted by Crippen LogP contribution is -2.29. The number of aromatic amines is 2. The molecule has 0 bridgehead atoms. The molecule has 0 fully saturated rings. The first-order chi connectivity index (χ1) is 7.31. The number of nitrogens with zero attached hydrogens (tertiary/aromatic N) is 2. The molecule has 2 rings (SSSR count). The van der Waals surface area contributed by atoms with Gasteiger partial charge in [0.1, 0.15) is 5.10 Å². The van der Waals surface area contributed by atoms with Crippen LogP contribution in [0.5, 0.6) is 0 Å². The third-order valence-corrected chi connectivity index (χ3v) is 1.90. The van der Waals surface area contributed by atoms with Gasteiger partial charge in [0, 0.05) is 5.56 Å². The fraction of sp³-hybridized carbons (Fsp3) is 0. The second-order valence-electron chi connectivity index (χ2n) is 2.84. The fourth-order valence-electron chi connectivity index (χ4n) is 1.20. The number of hydrogen-bond donors (Lipinski definition) is 3. The molecular formula is C8H9N6O+. The number of nitrogen functional groups attached to an aromatic ring is 1. The van der Waals surface area contributed by atoms with Gasteiger partial charge in [0.25, 0.3) is 5.91 Å². The molecule has 0 radical (unpaired) electrons. The number of aromatic nitrogens is 4. The lowest BCUT2D eigenvalue weighted by molar-refractivity contribution is -0.444. The highest BCUT2D eigenvalue weighted by Crippen LogP contribution is 2.12. The van der Waals surface area contributed by atoms with Crippen molar-refractivity contribution in [2.24, 2.45) is 5.84 Å². The highest BCUT2D eigenvalue weighted by atomic mass is 16.2. The van der Waals surface area contributed by atoms with Gasteiger partial charge in [-0.05, 0) is 18.2 Å². The Morgan fingerprint density at radius 3 is 3.07 bits per heavy atom. The summed E-state index contributed by atoms with van der Waals surface area (Å²) in [4.78, 5) is 11.2. The number of hydrogen-bond acceptors (Lipinski definition) is 4. The minimum atomic E-state index is -0.347. The smallest absolute Gasteiger partial charge is 0.290 e. The van der Waals surface area contributed by atoms with Crippen molar-refractivity contribution in [3.05, 3.63) is 29.8 Å². The Morgan fingerprint density at radius 2 is 2.40 bits per heavy atom. The quantitative estimate of drug-likeness (QED) is 0.328. The number of nitrogens with one attached hydrogen (secondary N) is 3. The van der Waals surface area contributed by atoms with Gasteiger partial charge in [0.05, 0.1) is 5.56 Å². The van der Waals surface area contributed by atoms with Gasteiger partial charge in [-0.1, -0.05) is 11.3 Å². The molecule has 1 heterocycles. The zero-order valence-electron chi connectivity index (χ0n) is 7.69. The van der Waals surface area contributed by atoms with Crippen LogP contribution in [-0.2, 0) is 0 Å². The van der Waals surface area contributed by atoms with Crippen LogP contribution >= 0.6 is 0 Å². The number of H-pyrrole nitrogens is 2. The molecule has 0 unspecified atom stereocenters. The number of benzene rings is 1. The summed E-state index contributed by atoms with van der Waals surface area (Å²) in [5.41, 5.74) is 3.28. The van der Waals surface area contributed by atoms with E-state index < -0.39 is 0 Å². The largest absolute Gasteiger partial charge is 0.329 e. The van der Waals surface area contributed by atoms with E-state index >= 15 is 0 Å². The second kappa shape index (κ2) is 3.84. The summed E-state index contributed by atoms with van der Waals surface area (Å²) < 4.78 is 0. The summed E-state index contributed by atoms with van der Waals surface area (Å²) in [7, 11) is 0. The maximum atomic E-state index is 11.2. The summed E-state index contributed by atoms with van der Waals surface area (Å²) in [6, 6.07) is 6.87. The number of rotatable bonds is 2. The Morgan fingerprint density at radius 1 is 1.53 bits per heavy atom. The molecule has 7 nitrogen and oxygen atoms in total. The van der Waals surface area contributed by atoms with Gasteiger partial charge in [-0.25, -0.2) is 5.84 Å². The van der Waals surface area contributed by atoms with Gasteiger partial charge in [0.15, 0.2) is 5.21 Å².